The van der Waals surface area contributed by atoms with Gasteiger partial charge in [-0.25, -0.2) is 17.6 Å². The van der Waals surface area contributed by atoms with Crippen molar-refractivity contribution >= 4 is 0 Å². The second-order valence-corrected chi connectivity index (χ2v) is 3.88. The van der Waals surface area contributed by atoms with Crippen LogP contribution >= 0.6 is 0 Å². The summed E-state index contributed by atoms with van der Waals surface area (Å²) in [4.78, 5) is 3.78. The summed E-state index contributed by atoms with van der Waals surface area (Å²) >= 11 is 0. The molecule has 0 aliphatic rings. The van der Waals surface area contributed by atoms with Crippen molar-refractivity contribution in [3.63, 3.8) is 0 Å². The van der Waals surface area contributed by atoms with E-state index in [0.29, 0.717) is 12.1 Å². The second kappa shape index (κ2) is 5.79. The van der Waals surface area contributed by atoms with E-state index < -0.39 is 23.3 Å². The highest BCUT2D eigenvalue weighted by Crippen LogP contribution is 2.14. The second-order valence-electron chi connectivity index (χ2n) is 3.88. The lowest BCUT2D eigenvalue weighted by Gasteiger charge is -2.07. The molecule has 0 spiro atoms. The lowest BCUT2D eigenvalue weighted by atomic mass is 10.2. The van der Waals surface area contributed by atoms with Crippen LogP contribution < -0.4 is 5.32 Å². The molecule has 19 heavy (non-hydrogen) atoms. The van der Waals surface area contributed by atoms with Gasteiger partial charge in [-0.15, -0.1) is 0 Å². The summed E-state index contributed by atoms with van der Waals surface area (Å²) in [5, 5.41) is 2.65. The van der Waals surface area contributed by atoms with Crippen LogP contribution in [0.1, 0.15) is 11.3 Å². The average molecular weight is 270 g/mol. The Bertz CT molecular complexity index is 564. The quantitative estimate of drug-likeness (QED) is 0.864. The summed E-state index contributed by atoms with van der Waals surface area (Å²) in [6, 6.07) is 3.88. The smallest absolute Gasteiger partial charge is 0.146 e. The standard InChI is InChI=1S/C13H10F4N2/c14-8-4-11(16)9(12(17)5-8)6-18-7-13-10(15)2-1-3-19-13/h1-5,18H,6-7H2. The predicted octanol–water partition coefficient (Wildman–Crippen LogP) is 2.93. The molecule has 0 saturated heterocycles. The van der Waals surface area contributed by atoms with E-state index in [4.69, 9.17) is 0 Å². The Labute approximate surface area is 107 Å². The van der Waals surface area contributed by atoms with E-state index >= 15 is 0 Å². The Balaban J connectivity index is 2.02. The average Bonchev–Trinajstić information content (AvgIpc) is 2.34. The minimum atomic E-state index is -0.980. The van der Waals surface area contributed by atoms with Crippen LogP contribution in [0.2, 0.25) is 0 Å². The Morgan fingerprint density at radius 2 is 1.63 bits per heavy atom. The van der Waals surface area contributed by atoms with Gasteiger partial charge in [0, 0.05) is 37.0 Å². The van der Waals surface area contributed by atoms with Crippen LogP contribution in [-0.2, 0) is 13.1 Å². The Morgan fingerprint density at radius 3 is 2.26 bits per heavy atom. The van der Waals surface area contributed by atoms with Crippen LogP contribution in [0.4, 0.5) is 17.6 Å². The van der Waals surface area contributed by atoms with E-state index in [1.54, 1.807) is 0 Å². The monoisotopic (exact) mass is 270 g/mol. The molecule has 1 heterocycles. The fraction of sp³-hybridized carbons (Fsp3) is 0.154. The SMILES string of the molecule is Fc1cc(F)c(CNCc2ncccc2F)c(F)c1. The highest BCUT2D eigenvalue weighted by atomic mass is 19.1. The van der Waals surface area contributed by atoms with Crippen molar-refractivity contribution < 1.29 is 17.6 Å². The predicted molar refractivity (Wildman–Crippen MR) is 61.1 cm³/mol. The number of hydrogen-bond acceptors (Lipinski definition) is 2. The molecule has 1 aromatic heterocycles. The van der Waals surface area contributed by atoms with Crippen molar-refractivity contribution in [3.05, 3.63) is 65.0 Å². The Kier molecular flexibility index (Phi) is 4.11. The van der Waals surface area contributed by atoms with E-state index in [9.17, 15) is 17.6 Å². The van der Waals surface area contributed by atoms with Gasteiger partial charge in [-0.3, -0.25) is 4.98 Å². The normalized spacial score (nSPS) is 10.7. The van der Waals surface area contributed by atoms with E-state index in [1.165, 1.54) is 18.3 Å². The molecule has 0 atom stereocenters. The summed E-state index contributed by atoms with van der Waals surface area (Å²) in [5.74, 6) is -3.44. The van der Waals surface area contributed by atoms with Gasteiger partial charge in [-0.05, 0) is 12.1 Å². The van der Waals surface area contributed by atoms with Crippen molar-refractivity contribution in [1.29, 1.82) is 0 Å². The van der Waals surface area contributed by atoms with Crippen molar-refractivity contribution in [2.24, 2.45) is 0 Å². The van der Waals surface area contributed by atoms with Crippen LogP contribution in [0.3, 0.4) is 0 Å². The van der Waals surface area contributed by atoms with Gasteiger partial charge in [0.05, 0.1) is 5.69 Å². The number of hydrogen-bond donors (Lipinski definition) is 1. The van der Waals surface area contributed by atoms with Gasteiger partial charge in [0.2, 0.25) is 0 Å². The molecule has 0 radical (unpaired) electrons. The molecule has 0 fully saturated rings. The molecule has 0 bridgehead atoms. The van der Waals surface area contributed by atoms with Crippen molar-refractivity contribution in [2.75, 3.05) is 0 Å². The van der Waals surface area contributed by atoms with E-state index in [1.807, 2.05) is 0 Å². The molecule has 1 aromatic carbocycles. The molecule has 0 saturated carbocycles. The number of aromatic nitrogens is 1. The number of benzene rings is 1. The highest BCUT2D eigenvalue weighted by molar-refractivity contribution is 5.20. The number of nitrogens with zero attached hydrogens (tertiary/aromatic N) is 1. The first-order chi connectivity index (χ1) is 9.08. The number of halogens is 4. The van der Waals surface area contributed by atoms with E-state index in [2.05, 4.69) is 10.3 Å². The third kappa shape index (κ3) is 3.29. The van der Waals surface area contributed by atoms with E-state index in [-0.39, 0.29) is 24.3 Å². The maximum Gasteiger partial charge on any atom is 0.146 e. The largest absolute Gasteiger partial charge is 0.307 e. The molecule has 100 valence electrons. The van der Waals surface area contributed by atoms with E-state index in [0.717, 1.165) is 0 Å². The van der Waals surface area contributed by atoms with Gasteiger partial charge in [0.1, 0.15) is 23.3 Å². The fourth-order valence-electron chi connectivity index (χ4n) is 1.60. The van der Waals surface area contributed by atoms with Crippen molar-refractivity contribution in [3.8, 4) is 0 Å². The van der Waals surface area contributed by atoms with Crippen LogP contribution in [0.15, 0.2) is 30.5 Å². The molecule has 0 aliphatic carbocycles. The summed E-state index contributed by atoms with van der Waals surface area (Å²) in [5.41, 5.74) is -0.150. The lowest BCUT2D eigenvalue weighted by molar-refractivity contribution is 0.506. The number of rotatable bonds is 4. The van der Waals surface area contributed by atoms with Gasteiger partial charge in [-0.2, -0.15) is 0 Å². The van der Waals surface area contributed by atoms with Gasteiger partial charge in [0.25, 0.3) is 0 Å². The van der Waals surface area contributed by atoms with Crippen LogP contribution in [0.25, 0.3) is 0 Å². The van der Waals surface area contributed by atoms with Crippen LogP contribution in [0.5, 0.6) is 0 Å². The maximum atomic E-state index is 13.3. The third-order valence-electron chi connectivity index (χ3n) is 2.53. The molecule has 2 aromatic rings. The zero-order valence-electron chi connectivity index (χ0n) is 9.76. The van der Waals surface area contributed by atoms with Crippen LogP contribution in [0, 0.1) is 23.3 Å². The first-order valence-electron chi connectivity index (χ1n) is 5.51. The minimum absolute atomic E-state index is 0.0168. The summed E-state index contributed by atoms with van der Waals surface area (Å²) < 4.78 is 52.5. The maximum absolute atomic E-state index is 13.3. The molecular formula is C13H10F4N2. The molecule has 2 nitrogen and oxygen atoms in total. The molecule has 0 unspecified atom stereocenters. The van der Waals surface area contributed by atoms with Gasteiger partial charge < -0.3 is 5.32 Å². The molecule has 6 heteroatoms. The highest BCUT2D eigenvalue weighted by Gasteiger charge is 2.11. The number of pyridine rings is 1. The third-order valence-corrected chi connectivity index (χ3v) is 2.53. The van der Waals surface area contributed by atoms with Gasteiger partial charge >= 0.3 is 0 Å². The fourth-order valence-corrected chi connectivity index (χ4v) is 1.60. The summed E-state index contributed by atoms with van der Waals surface area (Å²) in [6.45, 7) is -0.170. The Hall–Kier alpha value is -1.95. The van der Waals surface area contributed by atoms with Gasteiger partial charge in [-0.1, -0.05) is 0 Å². The lowest BCUT2D eigenvalue weighted by Crippen LogP contribution is -2.17. The molecule has 1 N–H and O–H groups in total. The minimum Gasteiger partial charge on any atom is -0.307 e. The van der Waals surface area contributed by atoms with Crippen molar-refractivity contribution in [2.45, 2.75) is 13.1 Å². The Morgan fingerprint density at radius 1 is 0.947 bits per heavy atom. The van der Waals surface area contributed by atoms with Crippen LogP contribution in [-0.4, -0.2) is 4.98 Å². The summed E-state index contributed by atoms with van der Waals surface area (Å²) in [7, 11) is 0. The number of nitrogens with one attached hydrogen (secondary N) is 1. The topological polar surface area (TPSA) is 24.9 Å². The molecular weight excluding hydrogens is 260 g/mol. The van der Waals surface area contributed by atoms with Crippen molar-refractivity contribution in [1.82, 2.24) is 10.3 Å². The zero-order chi connectivity index (χ0) is 13.8. The zero-order valence-corrected chi connectivity index (χ0v) is 9.76. The molecule has 0 amide bonds. The molecule has 0 aliphatic heterocycles. The molecule has 2 rings (SSSR count). The van der Waals surface area contributed by atoms with Gasteiger partial charge in [0.15, 0.2) is 0 Å². The summed E-state index contributed by atoms with van der Waals surface area (Å²) in [6.07, 6.45) is 1.42. The first-order valence-corrected chi connectivity index (χ1v) is 5.51. The first kappa shape index (κ1) is 13.5.